The summed E-state index contributed by atoms with van der Waals surface area (Å²) >= 11 is 0. The number of carbonyl (C=O) groups excluding carboxylic acids is 2. The molecule has 1 atom stereocenters. The van der Waals surface area contributed by atoms with E-state index in [2.05, 4.69) is 0 Å². The molecule has 0 spiro atoms. The second-order valence-corrected chi connectivity index (χ2v) is 4.85. The number of phenolic OH excluding ortho intramolecular Hbond substituents is 3. The average molecular weight is 301 g/mol. The summed E-state index contributed by atoms with van der Waals surface area (Å²) in [4.78, 5) is 23.5. The minimum absolute atomic E-state index is 0.104. The van der Waals surface area contributed by atoms with Crippen molar-refractivity contribution in [3.63, 3.8) is 0 Å². The first-order chi connectivity index (χ1) is 10.3. The lowest BCUT2D eigenvalue weighted by atomic mass is 9.96. The van der Waals surface area contributed by atoms with E-state index in [1.54, 1.807) is 24.3 Å². The summed E-state index contributed by atoms with van der Waals surface area (Å²) in [6.45, 7) is 1.43. The van der Waals surface area contributed by atoms with Crippen LogP contribution in [0.1, 0.15) is 39.2 Å². The number of rotatable bonds is 4. The molecule has 2 rings (SSSR count). The maximum Gasteiger partial charge on any atom is 0.201 e. The monoisotopic (exact) mass is 301 g/mol. The molecule has 114 valence electrons. The molecule has 6 heteroatoms. The molecule has 2 aromatic carbocycles. The van der Waals surface area contributed by atoms with Crippen molar-refractivity contribution in [2.24, 2.45) is 5.73 Å². The van der Waals surface area contributed by atoms with Crippen LogP contribution < -0.4 is 5.73 Å². The largest absolute Gasteiger partial charge is 0.504 e. The van der Waals surface area contributed by atoms with Crippen LogP contribution in [0.15, 0.2) is 36.4 Å². The third-order valence-electron chi connectivity index (χ3n) is 3.35. The van der Waals surface area contributed by atoms with Gasteiger partial charge in [0, 0.05) is 5.56 Å². The van der Waals surface area contributed by atoms with Gasteiger partial charge in [-0.2, -0.15) is 0 Å². The molecule has 5 N–H and O–H groups in total. The van der Waals surface area contributed by atoms with Gasteiger partial charge in [-0.1, -0.05) is 24.3 Å². The van der Waals surface area contributed by atoms with E-state index < -0.39 is 29.1 Å². The van der Waals surface area contributed by atoms with Gasteiger partial charge in [-0.25, -0.2) is 0 Å². The first-order valence-corrected chi connectivity index (χ1v) is 6.47. The first-order valence-electron chi connectivity index (χ1n) is 6.47. The molecule has 6 nitrogen and oxygen atoms in total. The second-order valence-electron chi connectivity index (χ2n) is 4.85. The molecule has 1 unspecified atom stereocenters. The van der Waals surface area contributed by atoms with E-state index in [0.29, 0.717) is 11.1 Å². The van der Waals surface area contributed by atoms with Crippen LogP contribution in [-0.2, 0) is 0 Å². The molecule has 0 aliphatic carbocycles. The molecular formula is C16H15NO5. The zero-order chi connectivity index (χ0) is 16.4. The van der Waals surface area contributed by atoms with Gasteiger partial charge in [0.05, 0.1) is 11.6 Å². The smallest absolute Gasteiger partial charge is 0.201 e. The summed E-state index contributed by atoms with van der Waals surface area (Å²) in [5.41, 5.74) is 6.62. The van der Waals surface area contributed by atoms with Crippen molar-refractivity contribution in [1.29, 1.82) is 0 Å². The molecule has 22 heavy (non-hydrogen) atoms. The Labute approximate surface area is 126 Å². The molecule has 2 aromatic rings. The fraction of sp³-hybridized carbons (Fsp3) is 0.125. The van der Waals surface area contributed by atoms with Crippen molar-refractivity contribution in [3.8, 4) is 17.2 Å². The third-order valence-corrected chi connectivity index (χ3v) is 3.35. The Morgan fingerprint density at radius 2 is 1.55 bits per heavy atom. The minimum atomic E-state index is -1.07. The summed E-state index contributed by atoms with van der Waals surface area (Å²) in [7, 11) is 0. The highest BCUT2D eigenvalue weighted by Crippen LogP contribution is 2.38. The number of phenols is 3. The number of aromatic hydroxyl groups is 3. The van der Waals surface area contributed by atoms with Crippen molar-refractivity contribution >= 4 is 11.6 Å². The lowest BCUT2D eigenvalue weighted by Gasteiger charge is -2.13. The number of hydrogen-bond acceptors (Lipinski definition) is 6. The van der Waals surface area contributed by atoms with E-state index in [-0.39, 0.29) is 11.3 Å². The van der Waals surface area contributed by atoms with Crippen LogP contribution in [0.2, 0.25) is 0 Å². The molecule has 0 fully saturated rings. The van der Waals surface area contributed by atoms with E-state index in [1.165, 1.54) is 13.0 Å². The Morgan fingerprint density at radius 1 is 0.955 bits per heavy atom. The number of ketones is 2. The molecule has 0 radical (unpaired) electrons. The van der Waals surface area contributed by atoms with E-state index in [1.807, 2.05) is 0 Å². The number of Topliss-reactive ketones (excluding diaryl/α,β-unsaturated/α-hetero) is 2. The lowest BCUT2D eigenvalue weighted by molar-refractivity contribution is 0.0957. The summed E-state index contributed by atoms with van der Waals surface area (Å²) in [5, 5.41) is 28.4. The Hall–Kier alpha value is -2.86. The van der Waals surface area contributed by atoms with Gasteiger partial charge in [0.1, 0.15) is 0 Å². The van der Waals surface area contributed by atoms with Gasteiger partial charge in [0.2, 0.25) is 5.75 Å². The molecule has 0 aliphatic rings. The zero-order valence-corrected chi connectivity index (χ0v) is 11.8. The predicted octanol–water partition coefficient (Wildman–Crippen LogP) is 1.89. The molecule has 0 saturated carbocycles. The number of hydrogen-bond donors (Lipinski definition) is 4. The van der Waals surface area contributed by atoms with E-state index in [4.69, 9.17) is 5.73 Å². The van der Waals surface area contributed by atoms with Crippen LogP contribution in [0.5, 0.6) is 17.2 Å². The van der Waals surface area contributed by atoms with Gasteiger partial charge in [-0.05, 0) is 24.6 Å². The molecule has 0 aliphatic heterocycles. The van der Waals surface area contributed by atoms with Crippen molar-refractivity contribution in [2.45, 2.75) is 13.0 Å². The Morgan fingerprint density at radius 3 is 2.09 bits per heavy atom. The summed E-state index contributed by atoms with van der Waals surface area (Å²) < 4.78 is 0. The summed E-state index contributed by atoms with van der Waals surface area (Å²) in [5.74, 6) is -2.75. The SMILES string of the molecule is CC(=O)c1ccc(C(N)C(=O)c2ccc(O)c(O)c2O)cc1. The Kier molecular flexibility index (Phi) is 4.14. The van der Waals surface area contributed by atoms with Crippen molar-refractivity contribution in [3.05, 3.63) is 53.1 Å². The van der Waals surface area contributed by atoms with Crippen molar-refractivity contribution < 1.29 is 24.9 Å². The maximum absolute atomic E-state index is 12.3. The molecule has 0 bridgehead atoms. The topological polar surface area (TPSA) is 121 Å². The average Bonchev–Trinajstić information content (AvgIpc) is 2.51. The van der Waals surface area contributed by atoms with Gasteiger partial charge in [0.15, 0.2) is 23.1 Å². The van der Waals surface area contributed by atoms with Crippen molar-refractivity contribution in [1.82, 2.24) is 0 Å². The minimum Gasteiger partial charge on any atom is -0.504 e. The summed E-state index contributed by atoms with van der Waals surface area (Å²) in [6.07, 6.45) is 0. The third kappa shape index (κ3) is 2.77. The first kappa shape index (κ1) is 15.5. The molecule has 0 saturated heterocycles. The van der Waals surface area contributed by atoms with E-state index >= 15 is 0 Å². The predicted molar refractivity (Wildman–Crippen MR) is 79.1 cm³/mol. The zero-order valence-electron chi connectivity index (χ0n) is 11.8. The van der Waals surface area contributed by atoms with Crippen LogP contribution in [0.3, 0.4) is 0 Å². The molecule has 0 aromatic heterocycles. The van der Waals surface area contributed by atoms with E-state index in [0.717, 1.165) is 6.07 Å². The molecule has 0 heterocycles. The van der Waals surface area contributed by atoms with Gasteiger partial charge in [-0.15, -0.1) is 0 Å². The Balaban J connectivity index is 2.33. The fourth-order valence-electron chi connectivity index (χ4n) is 2.01. The highest BCUT2D eigenvalue weighted by atomic mass is 16.3. The number of nitrogens with two attached hydrogens (primary N) is 1. The van der Waals surface area contributed by atoms with Crippen LogP contribution in [0, 0.1) is 0 Å². The highest BCUT2D eigenvalue weighted by Gasteiger charge is 2.23. The highest BCUT2D eigenvalue weighted by molar-refractivity contribution is 6.03. The van der Waals surface area contributed by atoms with Gasteiger partial charge >= 0.3 is 0 Å². The van der Waals surface area contributed by atoms with Gasteiger partial charge in [-0.3, -0.25) is 9.59 Å². The van der Waals surface area contributed by atoms with Gasteiger partial charge < -0.3 is 21.1 Å². The molecule has 0 amide bonds. The Bertz CT molecular complexity index is 737. The fourth-order valence-corrected chi connectivity index (χ4v) is 2.01. The summed E-state index contributed by atoms with van der Waals surface area (Å²) in [6, 6.07) is 7.41. The van der Waals surface area contributed by atoms with Crippen molar-refractivity contribution in [2.75, 3.05) is 0 Å². The maximum atomic E-state index is 12.3. The van der Waals surface area contributed by atoms with Crippen LogP contribution in [0.4, 0.5) is 0 Å². The standard InChI is InChI=1S/C16H15NO5/c1-8(18)9-2-4-10(5-3-9)13(17)14(20)11-6-7-12(19)16(22)15(11)21/h2-7,13,19,21-22H,17H2,1H3. The second kappa shape index (κ2) is 5.87. The number of benzene rings is 2. The normalized spacial score (nSPS) is 11.9. The number of carbonyl (C=O) groups is 2. The van der Waals surface area contributed by atoms with Gasteiger partial charge in [0.25, 0.3) is 0 Å². The van der Waals surface area contributed by atoms with E-state index in [9.17, 15) is 24.9 Å². The molecular weight excluding hydrogens is 286 g/mol. The quantitative estimate of drug-likeness (QED) is 0.505. The lowest BCUT2D eigenvalue weighted by Crippen LogP contribution is -2.21. The van der Waals surface area contributed by atoms with Crippen LogP contribution in [0.25, 0.3) is 0 Å². The van der Waals surface area contributed by atoms with Crippen LogP contribution >= 0.6 is 0 Å². The van der Waals surface area contributed by atoms with Crippen LogP contribution in [-0.4, -0.2) is 26.9 Å².